The first-order valence-electron chi connectivity index (χ1n) is 11.5. The molecule has 1 aliphatic rings. The predicted molar refractivity (Wildman–Crippen MR) is 134 cm³/mol. The first-order chi connectivity index (χ1) is 16.1. The molecular formula is C25H33N3O5S. The Morgan fingerprint density at radius 2 is 1.91 bits per heavy atom. The second-order valence-corrected chi connectivity index (χ2v) is 10.6. The largest absolute Gasteiger partial charge is 0.376 e. The molecule has 34 heavy (non-hydrogen) atoms. The van der Waals surface area contributed by atoms with Crippen molar-refractivity contribution >= 4 is 33.2 Å². The molecule has 2 aromatic carbocycles. The van der Waals surface area contributed by atoms with Crippen LogP contribution in [-0.2, 0) is 19.6 Å². The van der Waals surface area contributed by atoms with Crippen LogP contribution in [0.1, 0.15) is 47.2 Å². The van der Waals surface area contributed by atoms with Crippen LogP contribution in [0.15, 0.2) is 42.5 Å². The van der Waals surface area contributed by atoms with E-state index in [4.69, 9.17) is 4.74 Å². The lowest BCUT2D eigenvalue weighted by molar-refractivity contribution is -0.116. The van der Waals surface area contributed by atoms with Gasteiger partial charge in [0.15, 0.2) is 0 Å². The molecule has 1 aliphatic heterocycles. The number of nitrogens with one attached hydrogen (secondary N) is 2. The van der Waals surface area contributed by atoms with Crippen molar-refractivity contribution in [3.05, 3.63) is 59.2 Å². The van der Waals surface area contributed by atoms with Crippen molar-refractivity contribution in [1.82, 2.24) is 5.32 Å². The molecule has 2 amide bonds. The highest BCUT2D eigenvalue weighted by Gasteiger charge is 2.21. The van der Waals surface area contributed by atoms with Crippen LogP contribution in [0.4, 0.5) is 11.4 Å². The summed E-state index contributed by atoms with van der Waals surface area (Å²) >= 11 is 0. The summed E-state index contributed by atoms with van der Waals surface area (Å²) in [6, 6.07) is 12.5. The number of aryl methyl sites for hydroxylation is 2. The summed E-state index contributed by atoms with van der Waals surface area (Å²) in [4.78, 5) is 25.3. The second kappa shape index (κ2) is 11.5. The molecule has 0 bridgehead atoms. The maximum absolute atomic E-state index is 12.6. The number of carbonyl (C=O) groups is 2. The zero-order valence-electron chi connectivity index (χ0n) is 20.0. The summed E-state index contributed by atoms with van der Waals surface area (Å²) in [5, 5.41) is 5.66. The van der Waals surface area contributed by atoms with Gasteiger partial charge >= 0.3 is 0 Å². The number of carbonyl (C=O) groups excluding carboxylic acids is 2. The molecule has 1 heterocycles. The summed E-state index contributed by atoms with van der Waals surface area (Å²) in [6.45, 7) is 5.10. The highest BCUT2D eigenvalue weighted by atomic mass is 32.2. The number of anilines is 2. The van der Waals surface area contributed by atoms with Gasteiger partial charge in [-0.2, -0.15) is 0 Å². The fourth-order valence-electron chi connectivity index (χ4n) is 3.95. The average molecular weight is 488 g/mol. The van der Waals surface area contributed by atoms with Gasteiger partial charge in [-0.1, -0.05) is 24.3 Å². The SMILES string of the molecule is Cc1ccc(C)c(N(CCCC(=O)Nc2ccccc2C(=O)NC[C@H]2CCCO2)S(C)(=O)=O)c1. The minimum absolute atomic E-state index is 0.0283. The van der Waals surface area contributed by atoms with Gasteiger partial charge in [-0.3, -0.25) is 13.9 Å². The van der Waals surface area contributed by atoms with Crippen LogP contribution in [0.5, 0.6) is 0 Å². The van der Waals surface area contributed by atoms with E-state index >= 15 is 0 Å². The van der Waals surface area contributed by atoms with E-state index in [1.807, 2.05) is 32.0 Å². The number of hydrogen-bond donors (Lipinski definition) is 2. The standard InChI is InChI=1S/C25H33N3O5S/c1-18-12-13-19(2)23(16-18)28(34(3,31)32)14-6-11-24(29)27-22-10-5-4-9-21(22)25(30)26-17-20-8-7-15-33-20/h4-5,9-10,12-13,16,20H,6-8,11,14-15,17H2,1-3H3,(H,26,30)(H,27,29)/t20-/m1/s1. The van der Waals surface area contributed by atoms with Crippen LogP contribution in [0.25, 0.3) is 0 Å². The third kappa shape index (κ3) is 7.04. The van der Waals surface area contributed by atoms with Gasteiger partial charge in [-0.05, 0) is 62.4 Å². The van der Waals surface area contributed by atoms with E-state index in [2.05, 4.69) is 10.6 Å². The minimum Gasteiger partial charge on any atom is -0.376 e. The van der Waals surface area contributed by atoms with Gasteiger partial charge in [-0.25, -0.2) is 8.42 Å². The summed E-state index contributed by atoms with van der Waals surface area (Å²) in [5.41, 5.74) is 3.23. The van der Waals surface area contributed by atoms with Crippen LogP contribution < -0.4 is 14.9 Å². The number of amides is 2. The van der Waals surface area contributed by atoms with E-state index in [0.717, 1.165) is 24.0 Å². The first kappa shape index (κ1) is 25.7. The van der Waals surface area contributed by atoms with Crippen LogP contribution in [-0.4, -0.2) is 52.3 Å². The van der Waals surface area contributed by atoms with Gasteiger partial charge in [0.05, 0.1) is 29.3 Å². The quantitative estimate of drug-likeness (QED) is 0.535. The van der Waals surface area contributed by atoms with E-state index < -0.39 is 10.0 Å². The lowest BCUT2D eigenvalue weighted by Gasteiger charge is -2.24. The number of rotatable bonds is 10. The maximum Gasteiger partial charge on any atom is 0.253 e. The van der Waals surface area contributed by atoms with E-state index in [1.54, 1.807) is 24.3 Å². The molecule has 1 atom stereocenters. The van der Waals surface area contributed by atoms with Gasteiger partial charge in [0.2, 0.25) is 15.9 Å². The molecule has 0 aliphatic carbocycles. The van der Waals surface area contributed by atoms with E-state index in [-0.39, 0.29) is 30.9 Å². The van der Waals surface area contributed by atoms with Crippen molar-refractivity contribution in [1.29, 1.82) is 0 Å². The molecule has 0 saturated carbocycles. The van der Waals surface area contributed by atoms with Crippen LogP contribution in [0.2, 0.25) is 0 Å². The highest BCUT2D eigenvalue weighted by Crippen LogP contribution is 2.24. The third-order valence-electron chi connectivity index (χ3n) is 5.76. The molecule has 2 N–H and O–H groups in total. The number of sulfonamides is 1. The van der Waals surface area contributed by atoms with Gasteiger partial charge in [0, 0.05) is 26.1 Å². The Labute approximate surface area is 201 Å². The monoisotopic (exact) mass is 487 g/mol. The fourth-order valence-corrected chi connectivity index (χ4v) is 4.96. The number of ether oxygens (including phenoxy) is 1. The van der Waals surface area contributed by atoms with Gasteiger partial charge in [0.1, 0.15) is 0 Å². The topological polar surface area (TPSA) is 105 Å². The zero-order valence-corrected chi connectivity index (χ0v) is 20.8. The van der Waals surface area contributed by atoms with Crippen molar-refractivity contribution in [3.8, 4) is 0 Å². The van der Waals surface area contributed by atoms with Crippen molar-refractivity contribution in [2.24, 2.45) is 0 Å². The molecule has 2 aromatic rings. The summed E-state index contributed by atoms with van der Waals surface area (Å²) in [7, 11) is -3.51. The van der Waals surface area contributed by atoms with Crippen molar-refractivity contribution < 1.29 is 22.7 Å². The Hall–Kier alpha value is -2.91. The van der Waals surface area contributed by atoms with E-state index in [9.17, 15) is 18.0 Å². The Bertz CT molecular complexity index is 1130. The molecule has 1 fully saturated rings. The summed E-state index contributed by atoms with van der Waals surface area (Å²) in [6.07, 6.45) is 3.56. The maximum atomic E-state index is 12.6. The molecular weight excluding hydrogens is 454 g/mol. The van der Waals surface area contributed by atoms with Crippen LogP contribution >= 0.6 is 0 Å². The number of para-hydroxylation sites is 1. The molecule has 0 spiro atoms. The second-order valence-electron chi connectivity index (χ2n) is 8.67. The molecule has 8 nitrogen and oxygen atoms in total. The van der Waals surface area contributed by atoms with Gasteiger partial charge < -0.3 is 15.4 Å². The smallest absolute Gasteiger partial charge is 0.253 e. The Kier molecular flexibility index (Phi) is 8.68. The van der Waals surface area contributed by atoms with Crippen LogP contribution in [0, 0.1) is 13.8 Å². The van der Waals surface area contributed by atoms with Gasteiger partial charge in [0.25, 0.3) is 5.91 Å². The normalized spacial score (nSPS) is 15.7. The number of benzene rings is 2. The lowest BCUT2D eigenvalue weighted by Crippen LogP contribution is -2.33. The Balaban J connectivity index is 1.59. The molecule has 0 aromatic heterocycles. The zero-order chi connectivity index (χ0) is 24.7. The first-order valence-corrected chi connectivity index (χ1v) is 13.3. The van der Waals surface area contributed by atoms with E-state index in [1.165, 1.54) is 10.6 Å². The fraction of sp³-hybridized carbons (Fsp3) is 0.440. The van der Waals surface area contributed by atoms with Crippen molar-refractivity contribution in [2.45, 2.75) is 45.6 Å². The van der Waals surface area contributed by atoms with Crippen LogP contribution in [0.3, 0.4) is 0 Å². The predicted octanol–water partition coefficient (Wildman–Crippen LogP) is 3.40. The molecule has 3 rings (SSSR count). The molecule has 1 saturated heterocycles. The highest BCUT2D eigenvalue weighted by molar-refractivity contribution is 7.92. The van der Waals surface area contributed by atoms with Crippen molar-refractivity contribution in [3.63, 3.8) is 0 Å². The summed E-state index contributed by atoms with van der Waals surface area (Å²) < 4.78 is 31.7. The molecule has 184 valence electrons. The molecule has 0 unspecified atom stereocenters. The number of nitrogens with zero attached hydrogens (tertiary/aromatic N) is 1. The Morgan fingerprint density at radius 1 is 1.15 bits per heavy atom. The number of hydrogen-bond acceptors (Lipinski definition) is 5. The minimum atomic E-state index is -3.51. The average Bonchev–Trinajstić information content (AvgIpc) is 3.30. The van der Waals surface area contributed by atoms with Gasteiger partial charge in [-0.15, -0.1) is 0 Å². The lowest BCUT2D eigenvalue weighted by atomic mass is 10.1. The molecule has 0 radical (unpaired) electrons. The van der Waals surface area contributed by atoms with Crippen molar-refractivity contribution in [2.75, 3.05) is 35.6 Å². The molecule has 9 heteroatoms. The summed E-state index contributed by atoms with van der Waals surface area (Å²) in [5.74, 6) is -0.557. The third-order valence-corrected chi connectivity index (χ3v) is 6.94. The van der Waals surface area contributed by atoms with E-state index in [0.29, 0.717) is 36.5 Å². The Morgan fingerprint density at radius 3 is 2.62 bits per heavy atom.